The SMILES string of the molecule is C[Si](C)([O])CCC(F)(F)C(F)(F)C(F)(F)C(F)(F)F. The third kappa shape index (κ3) is 3.77. The van der Waals surface area contributed by atoms with Crippen molar-refractivity contribution in [1.29, 1.82) is 0 Å². The molecule has 0 spiro atoms. The number of rotatable bonds is 5. The minimum absolute atomic E-state index is 0.948. The molecule has 0 N–H and O–H groups in total. The zero-order valence-electron chi connectivity index (χ0n) is 9.72. The third-order valence-corrected chi connectivity index (χ3v) is 3.70. The van der Waals surface area contributed by atoms with Crippen molar-refractivity contribution in [2.75, 3.05) is 0 Å². The van der Waals surface area contributed by atoms with Gasteiger partial charge >= 0.3 is 23.9 Å². The van der Waals surface area contributed by atoms with Gasteiger partial charge < -0.3 is 0 Å². The zero-order valence-corrected chi connectivity index (χ0v) is 10.7. The quantitative estimate of drug-likeness (QED) is 0.525. The van der Waals surface area contributed by atoms with E-state index in [-0.39, 0.29) is 0 Å². The molecule has 11 heteroatoms. The first-order valence-corrected chi connectivity index (χ1v) is 7.98. The zero-order chi connectivity index (χ0) is 15.9. The first kappa shape index (κ1) is 18.5. The number of halogens is 9. The average molecular weight is 321 g/mol. The molecule has 0 aromatic carbocycles. The molecule has 1 nitrogen and oxygen atoms in total. The molecule has 0 aromatic rings. The Morgan fingerprint density at radius 1 is 0.789 bits per heavy atom. The third-order valence-electron chi connectivity index (χ3n) is 2.25. The van der Waals surface area contributed by atoms with E-state index in [4.69, 9.17) is 0 Å². The highest BCUT2D eigenvalue weighted by Gasteiger charge is 2.81. The fourth-order valence-corrected chi connectivity index (χ4v) is 1.94. The smallest absolute Gasteiger partial charge is 0.298 e. The summed E-state index contributed by atoms with van der Waals surface area (Å²) in [4.78, 5) is 11.1. The Balaban J connectivity index is 5.28. The Labute approximate surface area is 103 Å². The van der Waals surface area contributed by atoms with Crippen LogP contribution in [0.2, 0.25) is 19.1 Å². The minimum atomic E-state index is -6.88. The molecule has 0 amide bonds. The molecule has 0 aliphatic heterocycles. The molecule has 0 rings (SSSR count). The van der Waals surface area contributed by atoms with Gasteiger partial charge in [-0.05, 0) is 19.1 Å². The maximum atomic E-state index is 12.9. The summed E-state index contributed by atoms with van der Waals surface area (Å²) in [6.07, 6.45) is -8.83. The van der Waals surface area contributed by atoms with E-state index in [0.29, 0.717) is 0 Å². The second kappa shape index (κ2) is 4.83. The molecular weight excluding hydrogens is 311 g/mol. The molecule has 0 aliphatic rings. The average Bonchev–Trinajstić information content (AvgIpc) is 2.11. The van der Waals surface area contributed by atoms with Crippen LogP contribution >= 0.6 is 0 Å². The summed E-state index contributed by atoms with van der Waals surface area (Å²) in [5.41, 5.74) is 0. The van der Waals surface area contributed by atoms with Gasteiger partial charge in [0.1, 0.15) is 0 Å². The van der Waals surface area contributed by atoms with Crippen molar-refractivity contribution in [1.82, 2.24) is 0 Å². The largest absolute Gasteiger partial charge is 0.460 e. The number of alkyl halides is 9. The van der Waals surface area contributed by atoms with Gasteiger partial charge in [-0.15, -0.1) is 0 Å². The Morgan fingerprint density at radius 3 is 1.42 bits per heavy atom. The van der Waals surface area contributed by atoms with E-state index >= 15 is 0 Å². The van der Waals surface area contributed by atoms with Crippen molar-refractivity contribution in [3.8, 4) is 0 Å². The van der Waals surface area contributed by atoms with Gasteiger partial charge in [0.15, 0.2) is 0 Å². The van der Waals surface area contributed by atoms with Crippen molar-refractivity contribution >= 4 is 8.32 Å². The summed E-state index contributed by atoms with van der Waals surface area (Å²) in [5.74, 6) is -19.1. The van der Waals surface area contributed by atoms with Crippen LogP contribution in [0.3, 0.4) is 0 Å². The number of hydrogen-bond acceptors (Lipinski definition) is 0. The van der Waals surface area contributed by atoms with Gasteiger partial charge in [-0.3, -0.25) is 4.80 Å². The monoisotopic (exact) mass is 321 g/mol. The van der Waals surface area contributed by atoms with E-state index < -0.39 is 44.7 Å². The molecule has 0 atom stereocenters. The van der Waals surface area contributed by atoms with Gasteiger partial charge in [-0.2, -0.15) is 39.5 Å². The molecule has 0 aliphatic carbocycles. The molecule has 0 saturated carbocycles. The Morgan fingerprint density at radius 2 is 1.16 bits per heavy atom. The van der Waals surface area contributed by atoms with Crippen LogP contribution in [0, 0.1) is 0 Å². The molecular formula is C8H10F9OSi. The normalized spacial score (nSPS) is 15.8. The second-order valence-corrected chi connectivity index (χ2v) is 8.63. The summed E-state index contributed by atoms with van der Waals surface area (Å²) in [5, 5.41) is 0. The van der Waals surface area contributed by atoms with E-state index in [1.54, 1.807) is 0 Å². The van der Waals surface area contributed by atoms with Crippen LogP contribution in [0.25, 0.3) is 0 Å². The Kier molecular flexibility index (Phi) is 4.71. The molecule has 19 heavy (non-hydrogen) atoms. The minimum Gasteiger partial charge on any atom is -0.298 e. The van der Waals surface area contributed by atoms with Crippen LogP contribution in [-0.4, -0.2) is 32.3 Å². The molecule has 0 heterocycles. The van der Waals surface area contributed by atoms with Crippen LogP contribution < -0.4 is 0 Å². The standard InChI is InChI=1S/C8H10F9OSi/c1-19(2,18)4-3-5(9,10)6(11,12)7(13,14)8(15,16)17/h3-4H2,1-2H3. The highest BCUT2D eigenvalue weighted by Crippen LogP contribution is 2.54. The Bertz CT molecular complexity index is 317. The summed E-state index contributed by atoms with van der Waals surface area (Å²) in [6, 6.07) is -1.05. The van der Waals surface area contributed by atoms with Crippen LogP contribution in [0.5, 0.6) is 0 Å². The maximum Gasteiger partial charge on any atom is 0.460 e. The van der Waals surface area contributed by atoms with Gasteiger partial charge in [-0.1, -0.05) is 0 Å². The molecule has 115 valence electrons. The van der Waals surface area contributed by atoms with E-state index in [9.17, 15) is 44.3 Å². The summed E-state index contributed by atoms with van der Waals surface area (Å²) >= 11 is 0. The molecule has 0 unspecified atom stereocenters. The lowest BCUT2D eigenvalue weighted by Gasteiger charge is -2.34. The number of hydrogen-bond donors (Lipinski definition) is 0. The Hall–Kier alpha value is -0.453. The van der Waals surface area contributed by atoms with Crippen molar-refractivity contribution in [3.05, 3.63) is 0 Å². The topological polar surface area (TPSA) is 19.9 Å². The molecule has 0 aromatic heterocycles. The van der Waals surface area contributed by atoms with E-state index in [1.165, 1.54) is 0 Å². The van der Waals surface area contributed by atoms with Crippen LogP contribution in [0.15, 0.2) is 0 Å². The first-order chi connectivity index (χ1) is 7.96. The second-order valence-electron chi connectivity index (χ2n) is 4.61. The summed E-state index contributed by atoms with van der Waals surface area (Å²) in [7, 11) is -3.54. The van der Waals surface area contributed by atoms with E-state index in [0.717, 1.165) is 13.1 Å². The van der Waals surface area contributed by atoms with Gasteiger partial charge in [-0.25, -0.2) is 0 Å². The first-order valence-electron chi connectivity index (χ1n) is 4.86. The van der Waals surface area contributed by atoms with Crippen molar-refractivity contribution in [2.24, 2.45) is 0 Å². The predicted octanol–water partition coefficient (Wildman–Crippen LogP) is 4.48. The van der Waals surface area contributed by atoms with Crippen molar-refractivity contribution in [2.45, 2.75) is 49.5 Å². The summed E-state index contributed by atoms with van der Waals surface area (Å²) in [6.45, 7) is 1.90. The van der Waals surface area contributed by atoms with Crippen molar-refractivity contribution < 1.29 is 44.3 Å². The molecule has 0 fully saturated rings. The molecule has 0 saturated heterocycles. The lowest BCUT2D eigenvalue weighted by molar-refractivity contribution is -0.396. The van der Waals surface area contributed by atoms with Gasteiger partial charge in [0.2, 0.25) is 8.32 Å². The van der Waals surface area contributed by atoms with E-state index in [1.807, 2.05) is 0 Å². The highest BCUT2D eigenvalue weighted by molar-refractivity contribution is 6.69. The molecule has 1 radical (unpaired) electrons. The maximum absolute atomic E-state index is 12.9. The summed E-state index contributed by atoms with van der Waals surface area (Å²) < 4.78 is 111. The van der Waals surface area contributed by atoms with Crippen molar-refractivity contribution in [3.63, 3.8) is 0 Å². The van der Waals surface area contributed by atoms with Crippen LogP contribution in [0.4, 0.5) is 39.5 Å². The van der Waals surface area contributed by atoms with E-state index in [2.05, 4.69) is 0 Å². The predicted molar refractivity (Wildman–Crippen MR) is 48.5 cm³/mol. The fourth-order valence-electron chi connectivity index (χ4n) is 1.02. The highest BCUT2D eigenvalue weighted by atomic mass is 28.4. The lowest BCUT2D eigenvalue weighted by atomic mass is 10.0. The van der Waals surface area contributed by atoms with Gasteiger partial charge in [0.25, 0.3) is 0 Å². The fraction of sp³-hybridized carbons (Fsp3) is 1.00. The van der Waals surface area contributed by atoms with Crippen LogP contribution in [-0.2, 0) is 4.80 Å². The van der Waals surface area contributed by atoms with Gasteiger partial charge in [0, 0.05) is 6.42 Å². The van der Waals surface area contributed by atoms with Crippen LogP contribution in [0.1, 0.15) is 6.42 Å². The molecule has 0 bridgehead atoms. The lowest BCUT2D eigenvalue weighted by Crippen LogP contribution is -2.61. The van der Waals surface area contributed by atoms with Gasteiger partial charge in [0.05, 0.1) is 0 Å².